The molecule has 1 aromatic rings. The van der Waals surface area contributed by atoms with Gasteiger partial charge in [-0.2, -0.15) is 0 Å². The summed E-state index contributed by atoms with van der Waals surface area (Å²) in [6.45, 7) is 2.08. The molecule has 2 rings (SSSR count). The molecule has 16 heavy (non-hydrogen) atoms. The van der Waals surface area contributed by atoms with Gasteiger partial charge in [0.25, 0.3) is 5.91 Å². The number of likely N-dealkylation sites (tertiary alicyclic amines) is 1. The fraction of sp³-hybridized carbons (Fsp3) is 0.417. The summed E-state index contributed by atoms with van der Waals surface area (Å²) in [7, 11) is 0. The molecular weight excluding hydrogens is 206 g/mol. The summed E-state index contributed by atoms with van der Waals surface area (Å²) in [5.74, 6) is -0.399. The van der Waals surface area contributed by atoms with E-state index in [4.69, 9.17) is 0 Å². The van der Waals surface area contributed by atoms with Crippen molar-refractivity contribution in [2.24, 2.45) is 0 Å². The third-order valence-electron chi connectivity index (χ3n) is 3.03. The zero-order valence-corrected chi connectivity index (χ0v) is 9.08. The molecule has 0 unspecified atom stereocenters. The summed E-state index contributed by atoms with van der Waals surface area (Å²) in [5.41, 5.74) is 0.997. The van der Waals surface area contributed by atoms with Gasteiger partial charge in [-0.3, -0.25) is 4.79 Å². The number of hydrogen-bond acceptors (Lipinski definition) is 3. The van der Waals surface area contributed by atoms with Gasteiger partial charge in [0, 0.05) is 0 Å². The Morgan fingerprint density at radius 1 is 1.31 bits per heavy atom. The molecule has 86 valence electrons. The van der Waals surface area contributed by atoms with Gasteiger partial charge in [0.1, 0.15) is 6.10 Å². The maximum atomic E-state index is 11.6. The Bertz CT molecular complexity index is 379. The van der Waals surface area contributed by atoms with E-state index in [0.29, 0.717) is 0 Å². The van der Waals surface area contributed by atoms with Gasteiger partial charge in [0.2, 0.25) is 0 Å². The lowest BCUT2D eigenvalue weighted by Gasteiger charge is -2.24. The van der Waals surface area contributed by atoms with Crippen LogP contribution in [0.5, 0.6) is 0 Å². The van der Waals surface area contributed by atoms with E-state index >= 15 is 0 Å². The van der Waals surface area contributed by atoms with Crippen molar-refractivity contribution in [3.8, 4) is 0 Å². The maximum absolute atomic E-state index is 11.6. The molecule has 1 amide bonds. The van der Waals surface area contributed by atoms with Crippen molar-refractivity contribution in [1.82, 2.24) is 4.90 Å². The molecule has 0 saturated carbocycles. The van der Waals surface area contributed by atoms with Gasteiger partial charge in [0.15, 0.2) is 6.10 Å². The molecule has 1 saturated heterocycles. The van der Waals surface area contributed by atoms with Gasteiger partial charge in [0.05, 0.1) is 12.6 Å². The van der Waals surface area contributed by atoms with Gasteiger partial charge in [-0.1, -0.05) is 30.3 Å². The van der Waals surface area contributed by atoms with Crippen LogP contribution in [0.15, 0.2) is 30.3 Å². The minimum atomic E-state index is -1.27. The fourth-order valence-corrected chi connectivity index (χ4v) is 1.99. The molecule has 0 radical (unpaired) electrons. The molecule has 1 aliphatic rings. The number of amides is 1. The minimum Gasteiger partial charge on any atom is -0.388 e. The highest BCUT2D eigenvalue weighted by Gasteiger charge is 2.40. The summed E-state index contributed by atoms with van der Waals surface area (Å²) in [6, 6.07) is 9.44. The van der Waals surface area contributed by atoms with Crippen molar-refractivity contribution in [1.29, 1.82) is 0 Å². The number of benzene rings is 1. The monoisotopic (exact) mass is 221 g/mol. The predicted molar refractivity (Wildman–Crippen MR) is 58.6 cm³/mol. The SMILES string of the molecule is C[C@@H](c1ccccc1)N1C[C@@H](O)[C@@H](O)C1=O. The smallest absolute Gasteiger partial charge is 0.254 e. The first-order valence-electron chi connectivity index (χ1n) is 5.33. The van der Waals surface area contributed by atoms with Crippen LogP contribution in [0.2, 0.25) is 0 Å². The van der Waals surface area contributed by atoms with E-state index in [1.807, 2.05) is 37.3 Å². The van der Waals surface area contributed by atoms with Crippen LogP contribution in [0.4, 0.5) is 0 Å². The Kier molecular flexibility index (Phi) is 2.94. The van der Waals surface area contributed by atoms with Crippen LogP contribution in [-0.2, 0) is 4.79 Å². The highest BCUT2D eigenvalue weighted by molar-refractivity contribution is 5.84. The van der Waals surface area contributed by atoms with Gasteiger partial charge < -0.3 is 15.1 Å². The van der Waals surface area contributed by atoms with Crippen LogP contribution in [0.25, 0.3) is 0 Å². The number of aliphatic hydroxyl groups is 2. The second-order valence-electron chi connectivity index (χ2n) is 4.09. The molecule has 3 atom stereocenters. The second-order valence-corrected chi connectivity index (χ2v) is 4.09. The Hall–Kier alpha value is -1.39. The minimum absolute atomic E-state index is 0.125. The van der Waals surface area contributed by atoms with Gasteiger partial charge in [-0.05, 0) is 12.5 Å². The maximum Gasteiger partial charge on any atom is 0.254 e. The van der Waals surface area contributed by atoms with E-state index < -0.39 is 18.1 Å². The van der Waals surface area contributed by atoms with Crippen molar-refractivity contribution >= 4 is 5.91 Å². The number of rotatable bonds is 2. The number of nitrogens with zero attached hydrogens (tertiary/aromatic N) is 1. The van der Waals surface area contributed by atoms with Crippen LogP contribution in [0.3, 0.4) is 0 Å². The standard InChI is InChI=1S/C12H15NO3/c1-8(9-5-3-2-4-6-9)13-7-10(14)11(15)12(13)16/h2-6,8,10-11,14-15H,7H2,1H3/t8-,10+,11+/m0/s1. The van der Waals surface area contributed by atoms with Crippen molar-refractivity contribution in [3.63, 3.8) is 0 Å². The third kappa shape index (κ3) is 1.81. The zero-order chi connectivity index (χ0) is 11.7. The van der Waals surface area contributed by atoms with Gasteiger partial charge in [-0.15, -0.1) is 0 Å². The van der Waals surface area contributed by atoms with Crippen LogP contribution in [-0.4, -0.2) is 39.8 Å². The van der Waals surface area contributed by atoms with Crippen molar-refractivity contribution in [3.05, 3.63) is 35.9 Å². The molecule has 4 heteroatoms. The van der Waals surface area contributed by atoms with Crippen molar-refractivity contribution < 1.29 is 15.0 Å². The zero-order valence-electron chi connectivity index (χ0n) is 9.08. The fourth-order valence-electron chi connectivity index (χ4n) is 1.99. The topological polar surface area (TPSA) is 60.8 Å². The van der Waals surface area contributed by atoms with Gasteiger partial charge >= 0.3 is 0 Å². The molecule has 1 aliphatic heterocycles. The normalized spacial score (nSPS) is 27.2. The lowest BCUT2D eigenvalue weighted by Crippen LogP contribution is -2.32. The molecule has 0 spiro atoms. The quantitative estimate of drug-likeness (QED) is 0.755. The molecule has 1 aromatic carbocycles. The third-order valence-corrected chi connectivity index (χ3v) is 3.03. The molecule has 1 heterocycles. The molecule has 0 aliphatic carbocycles. The Labute approximate surface area is 94.1 Å². The van der Waals surface area contributed by atoms with E-state index in [1.54, 1.807) is 0 Å². The average Bonchev–Trinajstić information content (AvgIpc) is 2.57. The number of carbonyl (C=O) groups excluding carboxylic acids is 1. The summed E-state index contributed by atoms with van der Waals surface area (Å²) in [4.78, 5) is 13.2. The molecule has 1 fully saturated rings. The first-order valence-corrected chi connectivity index (χ1v) is 5.33. The van der Waals surface area contributed by atoms with E-state index in [9.17, 15) is 15.0 Å². The van der Waals surface area contributed by atoms with Crippen LogP contribution >= 0.6 is 0 Å². The Balaban J connectivity index is 2.18. The summed E-state index contributed by atoms with van der Waals surface area (Å²) < 4.78 is 0. The van der Waals surface area contributed by atoms with E-state index in [1.165, 1.54) is 4.90 Å². The molecule has 0 bridgehead atoms. The second kappa shape index (κ2) is 4.23. The number of aliphatic hydroxyl groups excluding tert-OH is 2. The van der Waals surface area contributed by atoms with Gasteiger partial charge in [-0.25, -0.2) is 0 Å². The van der Waals surface area contributed by atoms with Crippen LogP contribution in [0, 0.1) is 0 Å². The van der Waals surface area contributed by atoms with E-state index in [0.717, 1.165) is 5.56 Å². The highest BCUT2D eigenvalue weighted by Crippen LogP contribution is 2.25. The molecule has 4 nitrogen and oxygen atoms in total. The summed E-state index contributed by atoms with van der Waals surface area (Å²) >= 11 is 0. The Morgan fingerprint density at radius 3 is 2.44 bits per heavy atom. The number of hydrogen-bond donors (Lipinski definition) is 2. The summed E-state index contributed by atoms with van der Waals surface area (Å²) in [5, 5.41) is 18.8. The molecule has 2 N–H and O–H groups in total. The van der Waals surface area contributed by atoms with E-state index in [2.05, 4.69) is 0 Å². The summed E-state index contributed by atoms with van der Waals surface area (Å²) in [6.07, 6.45) is -2.25. The lowest BCUT2D eigenvalue weighted by molar-refractivity contribution is -0.137. The predicted octanol–water partition coefficient (Wildman–Crippen LogP) is 0.312. The van der Waals surface area contributed by atoms with Crippen molar-refractivity contribution in [2.75, 3.05) is 6.54 Å². The lowest BCUT2D eigenvalue weighted by atomic mass is 10.1. The number of carbonyl (C=O) groups is 1. The average molecular weight is 221 g/mol. The van der Waals surface area contributed by atoms with E-state index in [-0.39, 0.29) is 12.6 Å². The highest BCUT2D eigenvalue weighted by atomic mass is 16.3. The van der Waals surface area contributed by atoms with Crippen LogP contribution < -0.4 is 0 Å². The first kappa shape index (κ1) is 11.1. The van der Waals surface area contributed by atoms with Crippen molar-refractivity contribution in [2.45, 2.75) is 25.2 Å². The number of β-amino-alcohol motifs (C(OH)–C–C–N with tert-alkyl or cyclic N) is 1. The largest absolute Gasteiger partial charge is 0.388 e. The molecule has 0 aromatic heterocycles. The van der Waals surface area contributed by atoms with Crippen LogP contribution in [0.1, 0.15) is 18.5 Å². The molecular formula is C12H15NO3. The Morgan fingerprint density at radius 2 is 1.94 bits per heavy atom. The first-order chi connectivity index (χ1) is 7.61.